The Kier molecular flexibility index (Phi) is 3.62. The first-order valence-electron chi connectivity index (χ1n) is 6.93. The molecular formula is C15H17N3O3. The Morgan fingerprint density at radius 1 is 1.33 bits per heavy atom. The first kappa shape index (κ1) is 13.6. The van der Waals surface area contributed by atoms with Crippen LogP contribution in [0.25, 0.3) is 5.69 Å². The minimum atomic E-state index is -0.293. The second-order valence-electron chi connectivity index (χ2n) is 5.23. The lowest BCUT2D eigenvalue weighted by Crippen LogP contribution is -2.29. The highest BCUT2D eigenvalue weighted by molar-refractivity contribution is 5.95. The van der Waals surface area contributed by atoms with E-state index in [0.717, 1.165) is 12.1 Å². The van der Waals surface area contributed by atoms with Crippen LogP contribution in [0.1, 0.15) is 16.9 Å². The second-order valence-corrected chi connectivity index (χ2v) is 5.23. The average Bonchev–Trinajstić information content (AvgIpc) is 3.14. The van der Waals surface area contributed by atoms with Gasteiger partial charge in [0.15, 0.2) is 11.4 Å². The van der Waals surface area contributed by atoms with Crippen LogP contribution in [0.4, 0.5) is 0 Å². The molecule has 0 aliphatic carbocycles. The largest absolute Gasteiger partial charge is 0.504 e. The lowest BCUT2D eigenvalue weighted by molar-refractivity contribution is 0.0772. The first-order chi connectivity index (χ1) is 10.2. The highest BCUT2D eigenvalue weighted by atomic mass is 16.3. The molecular weight excluding hydrogens is 270 g/mol. The Labute approximate surface area is 122 Å². The van der Waals surface area contributed by atoms with Gasteiger partial charge in [0.05, 0.1) is 11.9 Å². The molecule has 110 valence electrons. The number of carbonyl (C=O) groups is 1. The van der Waals surface area contributed by atoms with E-state index in [4.69, 9.17) is 5.11 Å². The molecule has 0 saturated carbocycles. The Hall–Kier alpha value is -2.34. The van der Waals surface area contributed by atoms with E-state index in [1.807, 2.05) is 30.3 Å². The number of aromatic nitrogens is 2. The third-order valence-corrected chi connectivity index (χ3v) is 3.75. The molecule has 1 atom stereocenters. The number of nitrogens with zero attached hydrogens (tertiary/aromatic N) is 3. The van der Waals surface area contributed by atoms with Crippen molar-refractivity contribution in [3.05, 3.63) is 42.2 Å². The first-order valence-corrected chi connectivity index (χ1v) is 6.93. The number of aromatic hydroxyl groups is 1. The van der Waals surface area contributed by atoms with Gasteiger partial charge in [-0.25, -0.2) is 4.68 Å². The van der Waals surface area contributed by atoms with Gasteiger partial charge in [0.1, 0.15) is 0 Å². The highest BCUT2D eigenvalue weighted by Gasteiger charge is 2.29. The van der Waals surface area contributed by atoms with E-state index in [2.05, 4.69) is 5.10 Å². The molecule has 1 unspecified atom stereocenters. The van der Waals surface area contributed by atoms with Crippen molar-refractivity contribution in [2.45, 2.75) is 6.42 Å². The van der Waals surface area contributed by atoms with Gasteiger partial charge in [0, 0.05) is 25.6 Å². The maximum Gasteiger partial charge on any atom is 0.278 e. The van der Waals surface area contributed by atoms with Crippen LogP contribution in [0, 0.1) is 5.92 Å². The minimum absolute atomic E-state index is 0.0532. The number of aliphatic hydroxyl groups is 1. The van der Waals surface area contributed by atoms with Crippen LogP contribution >= 0.6 is 0 Å². The van der Waals surface area contributed by atoms with E-state index in [0.29, 0.717) is 13.1 Å². The Morgan fingerprint density at radius 3 is 2.76 bits per heavy atom. The van der Waals surface area contributed by atoms with Gasteiger partial charge in [-0.05, 0) is 18.6 Å². The molecule has 1 aliphatic heterocycles. The van der Waals surface area contributed by atoms with Gasteiger partial charge < -0.3 is 15.1 Å². The number of aliphatic hydroxyl groups excluding tert-OH is 1. The summed E-state index contributed by atoms with van der Waals surface area (Å²) in [6.45, 7) is 1.17. The van der Waals surface area contributed by atoms with Gasteiger partial charge in [-0.1, -0.05) is 18.2 Å². The van der Waals surface area contributed by atoms with Crippen LogP contribution in [-0.4, -0.2) is 50.5 Å². The molecule has 0 spiro atoms. The maximum atomic E-state index is 12.4. The summed E-state index contributed by atoms with van der Waals surface area (Å²) in [6.07, 6.45) is 2.21. The molecule has 1 saturated heterocycles. The van der Waals surface area contributed by atoms with Crippen molar-refractivity contribution in [2.24, 2.45) is 5.92 Å². The maximum absolute atomic E-state index is 12.4. The number of likely N-dealkylation sites (tertiary alicyclic amines) is 1. The summed E-state index contributed by atoms with van der Waals surface area (Å²) >= 11 is 0. The third kappa shape index (κ3) is 2.62. The molecule has 21 heavy (non-hydrogen) atoms. The second kappa shape index (κ2) is 5.57. The fraction of sp³-hybridized carbons (Fsp3) is 0.333. The number of benzene rings is 1. The van der Waals surface area contributed by atoms with E-state index in [1.54, 1.807) is 4.90 Å². The molecule has 0 radical (unpaired) electrons. The average molecular weight is 287 g/mol. The lowest BCUT2D eigenvalue weighted by atomic mass is 10.1. The summed E-state index contributed by atoms with van der Waals surface area (Å²) < 4.78 is 1.49. The lowest BCUT2D eigenvalue weighted by Gasteiger charge is -2.14. The molecule has 2 heterocycles. The zero-order chi connectivity index (χ0) is 14.8. The van der Waals surface area contributed by atoms with E-state index >= 15 is 0 Å². The third-order valence-electron chi connectivity index (χ3n) is 3.75. The normalized spacial score (nSPS) is 18.1. The van der Waals surface area contributed by atoms with Gasteiger partial charge in [0.25, 0.3) is 5.91 Å². The van der Waals surface area contributed by atoms with Crippen molar-refractivity contribution in [1.82, 2.24) is 14.7 Å². The SMILES string of the molecule is O=C(c1nn(-c2ccccc2)cc1O)N1CCC(CO)C1. The molecule has 0 bridgehead atoms. The molecule has 1 amide bonds. The van der Waals surface area contributed by atoms with Crippen LogP contribution in [0.5, 0.6) is 5.75 Å². The van der Waals surface area contributed by atoms with Gasteiger partial charge in [-0.15, -0.1) is 0 Å². The number of amides is 1. The van der Waals surface area contributed by atoms with E-state index in [-0.39, 0.29) is 29.9 Å². The molecule has 6 heteroatoms. The van der Waals surface area contributed by atoms with Crippen molar-refractivity contribution in [3.8, 4) is 11.4 Å². The minimum Gasteiger partial charge on any atom is -0.504 e. The van der Waals surface area contributed by atoms with E-state index in [9.17, 15) is 9.90 Å². The van der Waals surface area contributed by atoms with Crippen molar-refractivity contribution < 1.29 is 15.0 Å². The van der Waals surface area contributed by atoms with Crippen molar-refractivity contribution in [2.75, 3.05) is 19.7 Å². The molecule has 2 aromatic rings. The topological polar surface area (TPSA) is 78.6 Å². The number of rotatable bonds is 3. The summed E-state index contributed by atoms with van der Waals surface area (Å²) in [7, 11) is 0. The molecule has 1 fully saturated rings. The van der Waals surface area contributed by atoms with Gasteiger partial charge in [-0.2, -0.15) is 5.10 Å². The Morgan fingerprint density at radius 2 is 2.10 bits per heavy atom. The summed E-state index contributed by atoms with van der Waals surface area (Å²) in [5, 5.41) is 23.3. The molecule has 3 rings (SSSR count). The summed E-state index contributed by atoms with van der Waals surface area (Å²) in [5.41, 5.74) is 0.832. The van der Waals surface area contributed by atoms with Crippen LogP contribution in [0.15, 0.2) is 36.5 Å². The summed E-state index contributed by atoms with van der Waals surface area (Å²) in [4.78, 5) is 14.0. The van der Waals surface area contributed by atoms with Crippen molar-refractivity contribution >= 4 is 5.91 Å². The number of para-hydroxylation sites is 1. The Balaban J connectivity index is 1.83. The quantitative estimate of drug-likeness (QED) is 0.884. The van der Waals surface area contributed by atoms with Crippen molar-refractivity contribution in [1.29, 1.82) is 0 Å². The molecule has 6 nitrogen and oxygen atoms in total. The van der Waals surface area contributed by atoms with Crippen molar-refractivity contribution in [3.63, 3.8) is 0 Å². The fourth-order valence-corrected chi connectivity index (χ4v) is 2.55. The van der Waals surface area contributed by atoms with E-state index < -0.39 is 0 Å². The molecule has 1 aromatic heterocycles. The zero-order valence-electron chi connectivity index (χ0n) is 11.5. The zero-order valence-corrected chi connectivity index (χ0v) is 11.5. The van der Waals surface area contributed by atoms with Crippen LogP contribution in [-0.2, 0) is 0 Å². The molecule has 1 aromatic carbocycles. The predicted octanol–water partition coefficient (Wildman–Crippen LogP) is 1.03. The van der Waals surface area contributed by atoms with Gasteiger partial charge in [-0.3, -0.25) is 4.79 Å². The Bertz CT molecular complexity index is 639. The van der Waals surface area contributed by atoms with Crippen LogP contribution in [0.3, 0.4) is 0 Å². The van der Waals surface area contributed by atoms with Gasteiger partial charge in [0.2, 0.25) is 0 Å². The van der Waals surface area contributed by atoms with Crippen LogP contribution in [0.2, 0.25) is 0 Å². The van der Waals surface area contributed by atoms with Gasteiger partial charge >= 0.3 is 0 Å². The standard InChI is InChI=1S/C15H17N3O3/c19-10-11-6-7-17(8-11)15(21)14-13(20)9-18(16-14)12-4-2-1-3-5-12/h1-5,9,11,19-20H,6-8,10H2. The number of hydrogen-bond acceptors (Lipinski definition) is 4. The predicted molar refractivity (Wildman–Crippen MR) is 76.3 cm³/mol. The monoisotopic (exact) mass is 287 g/mol. The van der Waals surface area contributed by atoms with E-state index in [1.165, 1.54) is 10.9 Å². The number of carbonyl (C=O) groups excluding carboxylic acids is 1. The summed E-state index contributed by atoms with van der Waals surface area (Å²) in [5.74, 6) is -0.304. The fourth-order valence-electron chi connectivity index (χ4n) is 2.55. The summed E-state index contributed by atoms with van der Waals surface area (Å²) in [6, 6.07) is 9.30. The van der Waals surface area contributed by atoms with Crippen LogP contribution < -0.4 is 0 Å². The molecule has 2 N–H and O–H groups in total. The highest BCUT2D eigenvalue weighted by Crippen LogP contribution is 2.23. The smallest absolute Gasteiger partial charge is 0.278 e. The molecule has 1 aliphatic rings. The number of hydrogen-bond donors (Lipinski definition) is 2.